The lowest BCUT2D eigenvalue weighted by Crippen LogP contribution is -2.15. The zero-order valence-corrected chi connectivity index (χ0v) is 14.8. The minimum atomic E-state index is 0.439. The molecule has 1 aliphatic heterocycles. The smallest absolute Gasteiger partial charge is 0.119 e. The molecule has 0 bridgehead atoms. The second kappa shape index (κ2) is 6.44. The normalized spacial score (nSPS) is 16.8. The molecule has 3 nitrogen and oxygen atoms in total. The van der Waals surface area contributed by atoms with Crippen LogP contribution in [0.25, 0.3) is 10.9 Å². The molecule has 0 fully saturated rings. The highest BCUT2D eigenvalue weighted by Crippen LogP contribution is 2.43. The maximum absolute atomic E-state index is 6.09. The Hall–Kier alpha value is -2.07. The van der Waals surface area contributed by atoms with Gasteiger partial charge in [-0.05, 0) is 42.3 Å². The molecule has 1 aliphatic rings. The second-order valence-electron chi connectivity index (χ2n) is 6.12. The van der Waals surface area contributed by atoms with E-state index in [2.05, 4.69) is 35.9 Å². The summed E-state index contributed by atoms with van der Waals surface area (Å²) in [5, 5.41) is 2.76. The molecule has 1 atom stereocenters. The molecule has 1 unspecified atom stereocenters. The summed E-state index contributed by atoms with van der Waals surface area (Å²) in [6, 6.07) is 16.5. The summed E-state index contributed by atoms with van der Waals surface area (Å²) in [5.74, 6) is 3.34. The van der Waals surface area contributed by atoms with Crippen LogP contribution >= 0.6 is 11.8 Å². The summed E-state index contributed by atoms with van der Waals surface area (Å²) in [5.41, 5.74) is 2.77. The van der Waals surface area contributed by atoms with E-state index in [1.54, 1.807) is 7.11 Å². The number of aryl methyl sites for hydroxylation is 1. The Morgan fingerprint density at radius 1 is 1.08 bits per heavy atom. The van der Waals surface area contributed by atoms with Crippen LogP contribution in [0.3, 0.4) is 0 Å². The highest BCUT2D eigenvalue weighted by molar-refractivity contribution is 7.99. The average Bonchev–Trinajstić information content (AvgIpc) is 2.94. The van der Waals surface area contributed by atoms with Crippen molar-refractivity contribution in [3.63, 3.8) is 0 Å². The monoisotopic (exact) mass is 339 g/mol. The predicted octanol–water partition coefficient (Wildman–Crippen LogP) is 4.85. The van der Waals surface area contributed by atoms with Gasteiger partial charge in [0.2, 0.25) is 0 Å². The molecule has 0 aliphatic carbocycles. The molecule has 4 heteroatoms. The number of methoxy groups -OCH3 is 1. The summed E-state index contributed by atoms with van der Waals surface area (Å²) >= 11 is 1.96. The number of thioether (sulfide) groups is 1. The van der Waals surface area contributed by atoms with Gasteiger partial charge in [0.25, 0.3) is 0 Å². The average molecular weight is 339 g/mol. The number of aromatic nitrogens is 1. The van der Waals surface area contributed by atoms with Crippen LogP contribution in [0.4, 0.5) is 0 Å². The van der Waals surface area contributed by atoms with Gasteiger partial charge in [-0.2, -0.15) is 0 Å². The summed E-state index contributed by atoms with van der Waals surface area (Å²) < 4.78 is 13.6. The summed E-state index contributed by atoms with van der Waals surface area (Å²) in [7, 11) is 3.85. The number of para-hydroxylation sites is 1. The second-order valence-corrected chi connectivity index (χ2v) is 7.20. The van der Waals surface area contributed by atoms with Gasteiger partial charge < -0.3 is 14.0 Å². The van der Waals surface area contributed by atoms with Gasteiger partial charge in [0.15, 0.2) is 0 Å². The van der Waals surface area contributed by atoms with Crippen LogP contribution in [0.1, 0.15) is 17.9 Å². The van der Waals surface area contributed by atoms with Crippen molar-refractivity contribution in [1.82, 2.24) is 4.57 Å². The first-order valence-electron chi connectivity index (χ1n) is 8.25. The Labute approximate surface area is 146 Å². The van der Waals surface area contributed by atoms with E-state index in [4.69, 9.17) is 9.47 Å². The van der Waals surface area contributed by atoms with E-state index < -0.39 is 0 Å². The van der Waals surface area contributed by atoms with Crippen molar-refractivity contribution >= 4 is 22.7 Å². The lowest BCUT2D eigenvalue weighted by molar-refractivity contribution is 0.283. The van der Waals surface area contributed by atoms with Gasteiger partial charge in [0.05, 0.1) is 18.7 Å². The molecule has 0 radical (unpaired) electrons. The number of benzene rings is 2. The Kier molecular flexibility index (Phi) is 4.15. The number of ether oxygens (including phenoxy) is 2. The fourth-order valence-corrected chi connectivity index (χ4v) is 4.77. The van der Waals surface area contributed by atoms with Gasteiger partial charge in [-0.15, -0.1) is 11.8 Å². The maximum atomic E-state index is 6.09. The molecule has 0 N–H and O–H groups in total. The van der Waals surface area contributed by atoms with Crippen molar-refractivity contribution in [3.05, 3.63) is 54.1 Å². The van der Waals surface area contributed by atoms with E-state index in [0.29, 0.717) is 12.5 Å². The minimum Gasteiger partial charge on any atom is -0.497 e. The van der Waals surface area contributed by atoms with E-state index in [1.165, 1.54) is 21.5 Å². The summed E-state index contributed by atoms with van der Waals surface area (Å²) in [4.78, 5) is 0. The molecule has 0 saturated carbocycles. The van der Waals surface area contributed by atoms with Crippen LogP contribution in [-0.2, 0) is 7.05 Å². The zero-order chi connectivity index (χ0) is 16.5. The minimum absolute atomic E-state index is 0.439. The zero-order valence-electron chi connectivity index (χ0n) is 14.0. The molecule has 2 aromatic carbocycles. The van der Waals surface area contributed by atoms with Gasteiger partial charge in [-0.1, -0.05) is 18.2 Å². The fourth-order valence-electron chi connectivity index (χ4n) is 3.45. The quantitative estimate of drug-likeness (QED) is 0.679. The molecule has 0 spiro atoms. The lowest BCUT2D eigenvalue weighted by atomic mass is 9.96. The molecule has 4 rings (SSSR count). The fraction of sp³-hybridized carbons (Fsp3) is 0.300. The first kappa shape index (κ1) is 15.5. The predicted molar refractivity (Wildman–Crippen MR) is 99.5 cm³/mol. The van der Waals surface area contributed by atoms with Crippen molar-refractivity contribution < 1.29 is 9.47 Å². The largest absolute Gasteiger partial charge is 0.497 e. The van der Waals surface area contributed by atoms with Gasteiger partial charge in [0, 0.05) is 29.6 Å². The Bertz CT molecular complexity index is 854. The molecular formula is C20H21NO2S. The SMILES string of the molecule is COc1ccc(OCC2CCSc3c2c2ccccc2n3C)cc1. The highest BCUT2D eigenvalue weighted by atomic mass is 32.2. The van der Waals surface area contributed by atoms with Gasteiger partial charge in [0.1, 0.15) is 11.5 Å². The number of hydrogen-bond donors (Lipinski definition) is 0. The molecule has 2 heterocycles. The number of fused-ring (bicyclic) bond motifs is 3. The van der Waals surface area contributed by atoms with E-state index >= 15 is 0 Å². The first-order valence-corrected chi connectivity index (χ1v) is 9.23. The number of nitrogens with zero attached hydrogens (tertiary/aromatic N) is 1. The molecular weight excluding hydrogens is 318 g/mol. The van der Waals surface area contributed by atoms with Crippen LogP contribution in [-0.4, -0.2) is 24.0 Å². The van der Waals surface area contributed by atoms with Crippen LogP contribution < -0.4 is 9.47 Å². The lowest BCUT2D eigenvalue weighted by Gasteiger charge is -2.23. The molecule has 24 heavy (non-hydrogen) atoms. The standard InChI is InChI=1S/C20H21NO2S/c1-21-18-6-4-3-5-17(18)19-14(11-12-24-20(19)21)13-23-16-9-7-15(22-2)8-10-16/h3-10,14H,11-13H2,1-2H3. The van der Waals surface area contributed by atoms with E-state index in [0.717, 1.165) is 23.7 Å². The van der Waals surface area contributed by atoms with Crippen molar-refractivity contribution in [3.8, 4) is 11.5 Å². The van der Waals surface area contributed by atoms with Crippen molar-refractivity contribution in [2.45, 2.75) is 17.4 Å². The molecule has 1 aromatic heterocycles. The summed E-state index contributed by atoms with van der Waals surface area (Å²) in [6.07, 6.45) is 1.15. The van der Waals surface area contributed by atoms with Crippen molar-refractivity contribution in [2.24, 2.45) is 7.05 Å². The third kappa shape index (κ3) is 2.65. The topological polar surface area (TPSA) is 23.4 Å². The Balaban J connectivity index is 1.60. The van der Waals surface area contributed by atoms with Crippen LogP contribution in [0, 0.1) is 0 Å². The van der Waals surface area contributed by atoms with Crippen LogP contribution in [0.5, 0.6) is 11.5 Å². The number of rotatable bonds is 4. The molecule has 3 aromatic rings. The van der Waals surface area contributed by atoms with Crippen molar-refractivity contribution in [2.75, 3.05) is 19.5 Å². The molecule has 0 amide bonds. The van der Waals surface area contributed by atoms with E-state index in [-0.39, 0.29) is 0 Å². The first-order chi connectivity index (χ1) is 11.8. The summed E-state index contributed by atoms with van der Waals surface area (Å²) in [6.45, 7) is 0.716. The number of hydrogen-bond acceptors (Lipinski definition) is 3. The van der Waals surface area contributed by atoms with Gasteiger partial charge in [-0.3, -0.25) is 0 Å². The van der Waals surface area contributed by atoms with Crippen LogP contribution in [0.2, 0.25) is 0 Å². The third-order valence-electron chi connectivity index (χ3n) is 4.71. The highest BCUT2D eigenvalue weighted by Gasteiger charge is 2.27. The van der Waals surface area contributed by atoms with E-state index in [9.17, 15) is 0 Å². The molecule has 124 valence electrons. The van der Waals surface area contributed by atoms with Crippen molar-refractivity contribution in [1.29, 1.82) is 0 Å². The molecule has 0 saturated heterocycles. The maximum Gasteiger partial charge on any atom is 0.119 e. The van der Waals surface area contributed by atoms with Gasteiger partial charge >= 0.3 is 0 Å². The van der Waals surface area contributed by atoms with E-state index in [1.807, 2.05) is 36.0 Å². The van der Waals surface area contributed by atoms with Gasteiger partial charge in [-0.25, -0.2) is 0 Å². The van der Waals surface area contributed by atoms with Crippen LogP contribution in [0.15, 0.2) is 53.6 Å². The Morgan fingerprint density at radius 3 is 2.62 bits per heavy atom. The third-order valence-corrected chi connectivity index (χ3v) is 5.92. The Morgan fingerprint density at radius 2 is 1.83 bits per heavy atom.